The van der Waals surface area contributed by atoms with E-state index in [4.69, 9.17) is 5.21 Å². The Morgan fingerprint density at radius 3 is 2.54 bits per heavy atom. The van der Waals surface area contributed by atoms with Gasteiger partial charge in [-0.15, -0.1) is 11.3 Å². The van der Waals surface area contributed by atoms with Crippen LogP contribution < -0.4 is 5.48 Å². The molecule has 11 heteroatoms. The number of sulfonamides is 1. The van der Waals surface area contributed by atoms with Crippen molar-refractivity contribution in [2.24, 2.45) is 0 Å². The summed E-state index contributed by atoms with van der Waals surface area (Å²) in [7, 11) is -2.81. The highest BCUT2D eigenvalue weighted by Gasteiger charge is 2.42. The summed E-state index contributed by atoms with van der Waals surface area (Å²) in [6, 6.07) is 11.3. The summed E-state index contributed by atoms with van der Waals surface area (Å²) in [5, 5.41) is 9.02. The summed E-state index contributed by atoms with van der Waals surface area (Å²) in [6.45, 7) is -0.263. The van der Waals surface area contributed by atoms with Gasteiger partial charge in [0.2, 0.25) is 0 Å². The Hall–Kier alpha value is -2.47. The molecule has 9 nitrogen and oxygen atoms in total. The number of carbonyl (C=O) groups is 2. The van der Waals surface area contributed by atoms with Gasteiger partial charge in [-0.3, -0.25) is 10.0 Å². The number of rotatable bonds is 4. The van der Waals surface area contributed by atoms with Gasteiger partial charge in [0.1, 0.15) is 10.3 Å². The summed E-state index contributed by atoms with van der Waals surface area (Å²) in [4.78, 5) is 25.8. The molecule has 0 radical (unpaired) electrons. The van der Waals surface area contributed by atoms with E-state index in [9.17, 15) is 18.0 Å². The zero-order valence-corrected chi connectivity index (χ0v) is 16.6. The smallest absolute Gasteiger partial charge is 0.409 e. The van der Waals surface area contributed by atoms with Crippen LogP contribution in [0.4, 0.5) is 4.79 Å². The number of benzene rings is 1. The number of thiophene rings is 1. The Bertz CT molecular complexity index is 960. The molecule has 1 fully saturated rings. The van der Waals surface area contributed by atoms with Crippen LogP contribution >= 0.6 is 11.3 Å². The van der Waals surface area contributed by atoms with Crippen LogP contribution in [0.2, 0.25) is 0 Å². The summed E-state index contributed by atoms with van der Waals surface area (Å²) in [5.74, 6) is -0.919. The molecule has 1 atom stereocenters. The first-order chi connectivity index (χ1) is 13.4. The zero-order chi connectivity index (χ0) is 20.3. The molecule has 0 spiro atoms. The number of amides is 2. The van der Waals surface area contributed by atoms with Crippen molar-refractivity contribution < 1.29 is 28.0 Å². The first kappa shape index (κ1) is 20.3. The van der Waals surface area contributed by atoms with Crippen LogP contribution in [0.25, 0.3) is 10.4 Å². The summed E-state index contributed by atoms with van der Waals surface area (Å²) in [5.41, 5.74) is 2.36. The van der Waals surface area contributed by atoms with Crippen LogP contribution in [-0.4, -0.2) is 67.6 Å². The Labute approximate surface area is 166 Å². The van der Waals surface area contributed by atoms with Crippen LogP contribution in [0, 0.1) is 0 Å². The number of carbonyl (C=O) groups excluding carboxylic acids is 2. The van der Waals surface area contributed by atoms with Crippen molar-refractivity contribution in [3.05, 3.63) is 42.5 Å². The summed E-state index contributed by atoms with van der Waals surface area (Å²) >= 11 is 1.09. The van der Waals surface area contributed by atoms with E-state index in [2.05, 4.69) is 4.74 Å². The average molecular weight is 425 g/mol. The van der Waals surface area contributed by atoms with E-state index in [1.54, 1.807) is 6.07 Å². The van der Waals surface area contributed by atoms with Crippen molar-refractivity contribution >= 4 is 33.4 Å². The lowest BCUT2D eigenvalue weighted by Gasteiger charge is -2.38. The molecule has 2 amide bonds. The molecule has 2 N–H and O–H groups in total. The quantitative estimate of drug-likeness (QED) is 0.564. The molecule has 150 valence electrons. The van der Waals surface area contributed by atoms with Crippen molar-refractivity contribution in [1.82, 2.24) is 14.7 Å². The van der Waals surface area contributed by atoms with Crippen molar-refractivity contribution in [1.29, 1.82) is 0 Å². The minimum Gasteiger partial charge on any atom is -0.453 e. The van der Waals surface area contributed by atoms with Gasteiger partial charge < -0.3 is 9.64 Å². The molecule has 1 aliphatic rings. The number of methoxy groups -OCH3 is 1. The van der Waals surface area contributed by atoms with E-state index in [0.29, 0.717) is 0 Å². The third-order valence-electron chi connectivity index (χ3n) is 4.38. The van der Waals surface area contributed by atoms with E-state index in [-0.39, 0.29) is 23.8 Å². The van der Waals surface area contributed by atoms with E-state index in [1.165, 1.54) is 23.6 Å². The van der Waals surface area contributed by atoms with Gasteiger partial charge in [0, 0.05) is 24.5 Å². The maximum Gasteiger partial charge on any atom is 0.409 e. The normalized spacial score (nSPS) is 17.9. The largest absolute Gasteiger partial charge is 0.453 e. The van der Waals surface area contributed by atoms with Gasteiger partial charge in [-0.25, -0.2) is 18.7 Å². The van der Waals surface area contributed by atoms with Crippen molar-refractivity contribution in [3.63, 3.8) is 0 Å². The molecule has 3 rings (SSSR count). The number of hydrogen-bond donors (Lipinski definition) is 2. The number of piperazine rings is 1. The van der Waals surface area contributed by atoms with Crippen LogP contribution in [0.5, 0.6) is 0 Å². The molecule has 1 aromatic carbocycles. The SMILES string of the molecule is COC(=O)N1CCN(S(=O)(=O)c2ccc(-c3ccccc3)s2)[C@@H](C(=O)NO)C1. The number of nitrogens with zero attached hydrogens (tertiary/aromatic N) is 2. The molecule has 0 saturated carbocycles. The van der Waals surface area contributed by atoms with E-state index >= 15 is 0 Å². The highest BCUT2D eigenvalue weighted by Crippen LogP contribution is 2.33. The number of ether oxygens (including phenoxy) is 1. The fourth-order valence-corrected chi connectivity index (χ4v) is 5.98. The molecule has 28 heavy (non-hydrogen) atoms. The second kappa shape index (κ2) is 8.27. The molecular weight excluding hydrogens is 406 g/mol. The second-order valence-electron chi connectivity index (χ2n) is 6.01. The predicted octanol–water partition coefficient (Wildman–Crippen LogP) is 1.36. The minimum atomic E-state index is -4.01. The predicted molar refractivity (Wildman–Crippen MR) is 101 cm³/mol. The molecule has 0 aliphatic carbocycles. The Kier molecular flexibility index (Phi) is 5.98. The summed E-state index contributed by atoms with van der Waals surface area (Å²) in [6.07, 6.45) is -0.671. The number of nitrogens with one attached hydrogen (secondary N) is 1. The Morgan fingerprint density at radius 2 is 1.89 bits per heavy atom. The van der Waals surface area contributed by atoms with Gasteiger partial charge in [-0.1, -0.05) is 30.3 Å². The van der Waals surface area contributed by atoms with Gasteiger partial charge in [0.15, 0.2) is 0 Å². The van der Waals surface area contributed by atoms with E-state index in [1.807, 2.05) is 30.3 Å². The Balaban J connectivity index is 1.90. The third-order valence-corrected chi connectivity index (χ3v) is 7.89. The highest BCUT2D eigenvalue weighted by molar-refractivity contribution is 7.91. The molecule has 1 saturated heterocycles. The monoisotopic (exact) mass is 425 g/mol. The lowest BCUT2D eigenvalue weighted by atomic mass is 10.2. The average Bonchev–Trinajstić information content (AvgIpc) is 3.24. The number of hydrogen-bond acceptors (Lipinski definition) is 7. The van der Waals surface area contributed by atoms with Crippen LogP contribution in [-0.2, 0) is 19.6 Å². The van der Waals surface area contributed by atoms with Gasteiger partial charge in [0.05, 0.1) is 7.11 Å². The van der Waals surface area contributed by atoms with Crippen molar-refractivity contribution in [2.45, 2.75) is 10.3 Å². The molecular formula is C17H19N3O6S2. The number of hydroxylamine groups is 1. The summed E-state index contributed by atoms with van der Waals surface area (Å²) < 4.78 is 32.0. The van der Waals surface area contributed by atoms with Crippen LogP contribution in [0.1, 0.15) is 0 Å². The van der Waals surface area contributed by atoms with Gasteiger partial charge in [-0.05, 0) is 17.7 Å². The fraction of sp³-hybridized carbons (Fsp3) is 0.294. The van der Waals surface area contributed by atoms with Gasteiger partial charge >= 0.3 is 6.09 Å². The Morgan fingerprint density at radius 1 is 1.18 bits per heavy atom. The maximum atomic E-state index is 13.1. The third kappa shape index (κ3) is 3.87. The standard InChI is InChI=1S/C17H19N3O6S2/c1-26-17(22)19-9-10-20(13(11-19)16(21)18-23)28(24,25)15-8-7-14(27-15)12-5-3-2-4-6-12/h2-8,13,23H,9-11H2,1H3,(H,18,21)/t13-/m1/s1. The second-order valence-corrected chi connectivity index (χ2v) is 9.21. The van der Waals surface area contributed by atoms with E-state index < -0.39 is 28.1 Å². The molecule has 1 aromatic heterocycles. The minimum absolute atomic E-state index is 0.0675. The van der Waals surface area contributed by atoms with Crippen LogP contribution in [0.3, 0.4) is 0 Å². The van der Waals surface area contributed by atoms with Crippen molar-refractivity contribution in [3.8, 4) is 10.4 Å². The lowest BCUT2D eigenvalue weighted by molar-refractivity contribution is -0.134. The first-order valence-corrected chi connectivity index (χ1v) is 10.6. The van der Waals surface area contributed by atoms with E-state index in [0.717, 1.165) is 26.1 Å². The molecule has 2 heterocycles. The highest BCUT2D eigenvalue weighted by atomic mass is 32.2. The van der Waals surface area contributed by atoms with Gasteiger partial charge in [-0.2, -0.15) is 4.31 Å². The first-order valence-electron chi connectivity index (χ1n) is 8.32. The topological polar surface area (TPSA) is 116 Å². The lowest BCUT2D eigenvalue weighted by Crippen LogP contribution is -2.61. The zero-order valence-electron chi connectivity index (χ0n) is 14.9. The molecule has 2 aromatic rings. The molecule has 0 unspecified atom stereocenters. The van der Waals surface area contributed by atoms with Gasteiger partial charge in [0.25, 0.3) is 15.9 Å². The fourth-order valence-electron chi connectivity index (χ4n) is 2.97. The molecule has 0 bridgehead atoms. The van der Waals surface area contributed by atoms with Crippen molar-refractivity contribution in [2.75, 3.05) is 26.7 Å². The van der Waals surface area contributed by atoms with Crippen LogP contribution in [0.15, 0.2) is 46.7 Å². The molecule has 1 aliphatic heterocycles. The maximum absolute atomic E-state index is 13.1.